The van der Waals surface area contributed by atoms with Gasteiger partial charge in [-0.25, -0.2) is 0 Å². The molecule has 0 aliphatic heterocycles. The number of nitrogens with two attached hydrogens (primary N) is 1. The topological polar surface area (TPSA) is 55.9 Å². The highest BCUT2D eigenvalue weighted by Gasteiger charge is 1.90. The average Bonchev–Trinajstić information content (AvgIpc) is 3.03. The lowest BCUT2D eigenvalue weighted by Gasteiger charge is -2.04. The standard InChI is InChI=1S/C10H11N3.C6H6ClN/c1-2-5-10(6-3-1)9-12-13-8-4-7-11-13;7-5-3-1-2-4-6(5)8/h1-8,12H,9H2;1-4H,8H2. The highest BCUT2D eigenvalue weighted by molar-refractivity contribution is 6.33. The zero-order valence-electron chi connectivity index (χ0n) is 11.5. The molecule has 0 amide bonds. The van der Waals surface area contributed by atoms with Crippen LogP contribution in [0.3, 0.4) is 0 Å². The molecule has 0 aliphatic carbocycles. The summed E-state index contributed by atoms with van der Waals surface area (Å²) in [6, 6.07) is 19.3. The maximum absolute atomic E-state index is 5.58. The van der Waals surface area contributed by atoms with Crippen molar-refractivity contribution in [3.63, 3.8) is 0 Å². The lowest BCUT2D eigenvalue weighted by molar-refractivity contribution is 0.731. The van der Waals surface area contributed by atoms with Crippen molar-refractivity contribution in [2.45, 2.75) is 6.54 Å². The summed E-state index contributed by atoms with van der Waals surface area (Å²) < 4.78 is 0. The summed E-state index contributed by atoms with van der Waals surface area (Å²) in [6.45, 7) is 0.794. The Kier molecular flexibility index (Phi) is 5.67. The number of hydrogen-bond donors (Lipinski definition) is 2. The lowest BCUT2D eigenvalue weighted by atomic mass is 10.2. The molecule has 21 heavy (non-hydrogen) atoms. The van der Waals surface area contributed by atoms with Gasteiger partial charge in [0.1, 0.15) is 0 Å². The number of halogens is 1. The van der Waals surface area contributed by atoms with Crippen molar-refractivity contribution in [2.75, 3.05) is 11.2 Å². The third-order valence-corrected chi connectivity index (χ3v) is 3.04. The zero-order valence-corrected chi connectivity index (χ0v) is 12.2. The van der Waals surface area contributed by atoms with Crippen molar-refractivity contribution in [1.82, 2.24) is 9.89 Å². The lowest BCUT2D eigenvalue weighted by Crippen LogP contribution is -2.14. The molecule has 0 aliphatic rings. The molecule has 0 bridgehead atoms. The number of para-hydroxylation sites is 1. The first-order valence-electron chi connectivity index (χ1n) is 6.53. The number of benzene rings is 2. The van der Waals surface area contributed by atoms with Gasteiger partial charge in [0.25, 0.3) is 0 Å². The molecule has 0 unspecified atom stereocenters. The molecule has 1 heterocycles. The predicted molar refractivity (Wildman–Crippen MR) is 87.6 cm³/mol. The predicted octanol–water partition coefficient (Wildman–Crippen LogP) is 3.55. The van der Waals surface area contributed by atoms with E-state index in [1.54, 1.807) is 23.1 Å². The van der Waals surface area contributed by atoms with Gasteiger partial charge in [0.2, 0.25) is 0 Å². The fourth-order valence-corrected chi connectivity index (χ4v) is 1.74. The SMILES string of the molecule is Nc1ccccc1Cl.c1ccc(CNn2cccn2)cc1. The van der Waals surface area contributed by atoms with E-state index >= 15 is 0 Å². The summed E-state index contributed by atoms with van der Waals surface area (Å²) >= 11 is 5.58. The van der Waals surface area contributed by atoms with E-state index < -0.39 is 0 Å². The molecule has 3 aromatic rings. The molecule has 3 N–H and O–H groups in total. The molecule has 0 spiro atoms. The van der Waals surface area contributed by atoms with Crippen molar-refractivity contribution >= 4 is 17.3 Å². The zero-order chi connectivity index (χ0) is 14.9. The van der Waals surface area contributed by atoms with Gasteiger partial charge < -0.3 is 11.2 Å². The Morgan fingerprint density at radius 1 is 1.00 bits per heavy atom. The Bertz CT molecular complexity index is 617. The summed E-state index contributed by atoms with van der Waals surface area (Å²) in [4.78, 5) is 1.70. The highest BCUT2D eigenvalue weighted by atomic mass is 35.5. The van der Waals surface area contributed by atoms with Crippen LogP contribution in [0.15, 0.2) is 73.1 Å². The van der Waals surface area contributed by atoms with Crippen LogP contribution in [0.2, 0.25) is 5.02 Å². The van der Waals surface area contributed by atoms with Gasteiger partial charge >= 0.3 is 0 Å². The van der Waals surface area contributed by atoms with Crippen LogP contribution in [-0.4, -0.2) is 9.89 Å². The maximum atomic E-state index is 5.58. The molecule has 5 heteroatoms. The van der Waals surface area contributed by atoms with Gasteiger partial charge in [-0.1, -0.05) is 54.1 Å². The minimum absolute atomic E-state index is 0.618. The van der Waals surface area contributed by atoms with Crippen LogP contribution in [0.4, 0.5) is 5.69 Å². The van der Waals surface area contributed by atoms with Gasteiger partial charge in [-0.15, -0.1) is 0 Å². The molecule has 0 radical (unpaired) electrons. The van der Waals surface area contributed by atoms with E-state index in [0.717, 1.165) is 6.54 Å². The second-order valence-electron chi connectivity index (χ2n) is 4.29. The van der Waals surface area contributed by atoms with Crippen LogP contribution in [0.1, 0.15) is 5.56 Å². The van der Waals surface area contributed by atoms with Gasteiger partial charge in [0, 0.05) is 6.20 Å². The average molecular weight is 301 g/mol. The first-order valence-corrected chi connectivity index (χ1v) is 6.91. The Labute approximate surface area is 129 Å². The normalized spacial score (nSPS) is 9.57. The Morgan fingerprint density at radius 3 is 2.29 bits per heavy atom. The summed E-state index contributed by atoms with van der Waals surface area (Å²) in [7, 11) is 0. The number of rotatable bonds is 3. The summed E-state index contributed by atoms with van der Waals surface area (Å²) in [6.07, 6.45) is 3.63. The van der Waals surface area contributed by atoms with Crippen LogP contribution in [0, 0.1) is 0 Å². The van der Waals surface area contributed by atoms with E-state index in [0.29, 0.717) is 10.7 Å². The molecule has 0 saturated heterocycles. The van der Waals surface area contributed by atoms with E-state index in [9.17, 15) is 0 Å². The molecule has 2 aromatic carbocycles. The minimum atomic E-state index is 0.618. The molecular weight excluding hydrogens is 284 g/mol. The van der Waals surface area contributed by atoms with E-state index in [1.807, 2.05) is 42.6 Å². The van der Waals surface area contributed by atoms with Crippen LogP contribution >= 0.6 is 11.6 Å². The van der Waals surface area contributed by atoms with Crippen molar-refractivity contribution in [3.05, 3.63) is 83.6 Å². The smallest absolute Gasteiger partial charge is 0.0635 e. The quantitative estimate of drug-likeness (QED) is 0.727. The van der Waals surface area contributed by atoms with Gasteiger partial charge in [-0.3, -0.25) is 0 Å². The van der Waals surface area contributed by atoms with E-state index in [2.05, 4.69) is 22.7 Å². The van der Waals surface area contributed by atoms with Crippen LogP contribution in [-0.2, 0) is 6.54 Å². The second-order valence-corrected chi connectivity index (χ2v) is 4.70. The number of aromatic nitrogens is 2. The third kappa shape index (κ3) is 5.20. The first kappa shape index (κ1) is 14.9. The summed E-state index contributed by atoms with van der Waals surface area (Å²) in [5.41, 5.74) is 10.4. The molecule has 0 atom stereocenters. The molecule has 3 rings (SSSR count). The van der Waals surface area contributed by atoms with Crippen LogP contribution < -0.4 is 11.2 Å². The van der Waals surface area contributed by atoms with Crippen LogP contribution in [0.5, 0.6) is 0 Å². The molecule has 4 nitrogen and oxygen atoms in total. The molecule has 0 saturated carbocycles. The number of anilines is 1. The van der Waals surface area contributed by atoms with Crippen molar-refractivity contribution in [2.24, 2.45) is 0 Å². The maximum Gasteiger partial charge on any atom is 0.0635 e. The Morgan fingerprint density at radius 2 is 1.71 bits per heavy atom. The van der Waals surface area contributed by atoms with Crippen molar-refractivity contribution < 1.29 is 0 Å². The summed E-state index contributed by atoms with van der Waals surface area (Å²) in [5.74, 6) is 0. The van der Waals surface area contributed by atoms with Crippen LogP contribution in [0.25, 0.3) is 0 Å². The minimum Gasteiger partial charge on any atom is -0.398 e. The van der Waals surface area contributed by atoms with Crippen molar-refractivity contribution in [1.29, 1.82) is 0 Å². The van der Waals surface area contributed by atoms with Crippen molar-refractivity contribution in [3.8, 4) is 0 Å². The number of hydrogen-bond acceptors (Lipinski definition) is 3. The Hall–Kier alpha value is -2.46. The van der Waals surface area contributed by atoms with Gasteiger partial charge in [-0.05, 0) is 23.8 Å². The largest absolute Gasteiger partial charge is 0.398 e. The summed E-state index contributed by atoms with van der Waals surface area (Å²) in [5, 5.41) is 4.65. The highest BCUT2D eigenvalue weighted by Crippen LogP contribution is 2.15. The third-order valence-electron chi connectivity index (χ3n) is 2.70. The molecule has 1 aromatic heterocycles. The number of nitrogens with zero attached hydrogens (tertiary/aromatic N) is 2. The van der Waals surface area contributed by atoms with Gasteiger partial charge in [0.05, 0.1) is 23.5 Å². The monoisotopic (exact) mass is 300 g/mol. The van der Waals surface area contributed by atoms with E-state index in [4.69, 9.17) is 17.3 Å². The molecular formula is C16H17ClN4. The molecule has 108 valence electrons. The van der Waals surface area contributed by atoms with Gasteiger partial charge in [0.15, 0.2) is 0 Å². The fraction of sp³-hybridized carbons (Fsp3) is 0.0625. The van der Waals surface area contributed by atoms with Gasteiger partial charge in [-0.2, -0.15) is 9.89 Å². The second kappa shape index (κ2) is 7.97. The number of nitrogens with one attached hydrogen (secondary N) is 1. The van der Waals surface area contributed by atoms with E-state index in [1.165, 1.54) is 5.56 Å². The molecule has 0 fully saturated rings. The fourth-order valence-electron chi connectivity index (χ4n) is 1.61. The number of nitrogen functional groups attached to an aromatic ring is 1. The Balaban J connectivity index is 0.000000173. The first-order chi connectivity index (χ1) is 10.3. The van der Waals surface area contributed by atoms with E-state index in [-0.39, 0.29) is 0 Å².